The molecule has 0 aliphatic rings. The van der Waals surface area contributed by atoms with E-state index in [1.165, 1.54) is 0 Å². The maximum absolute atomic E-state index is 8.86. The smallest absolute Gasteiger partial charge is 0.191 e. The number of ether oxygens (including phenoxy) is 1. The zero-order valence-electron chi connectivity index (χ0n) is 16.9. The number of benzene rings is 2. The van der Waals surface area contributed by atoms with Crippen molar-refractivity contribution < 1.29 is 4.74 Å². The third kappa shape index (κ3) is 7.77. The number of hydrogen-bond donors (Lipinski definition) is 2. The van der Waals surface area contributed by atoms with Crippen molar-refractivity contribution in [2.75, 3.05) is 13.7 Å². The minimum atomic E-state index is 0. The molecule has 2 aromatic rings. The molecule has 28 heavy (non-hydrogen) atoms. The van der Waals surface area contributed by atoms with Gasteiger partial charge < -0.3 is 15.4 Å². The van der Waals surface area contributed by atoms with Crippen LogP contribution in [0.2, 0.25) is 0 Å². The highest BCUT2D eigenvalue weighted by Gasteiger charge is 2.08. The van der Waals surface area contributed by atoms with E-state index in [0.29, 0.717) is 18.0 Å². The summed E-state index contributed by atoms with van der Waals surface area (Å²) in [6.45, 7) is 7.73. The van der Waals surface area contributed by atoms with Crippen LogP contribution < -0.4 is 15.4 Å². The van der Waals surface area contributed by atoms with Crippen LogP contribution in [-0.2, 0) is 6.54 Å². The highest BCUT2D eigenvalue weighted by atomic mass is 127. The van der Waals surface area contributed by atoms with Gasteiger partial charge in [-0.25, -0.2) is 0 Å². The van der Waals surface area contributed by atoms with E-state index >= 15 is 0 Å². The maximum atomic E-state index is 8.86. The van der Waals surface area contributed by atoms with E-state index < -0.39 is 0 Å². The summed E-state index contributed by atoms with van der Waals surface area (Å²) in [7, 11) is 1.75. The predicted molar refractivity (Wildman–Crippen MR) is 125 cm³/mol. The first-order chi connectivity index (χ1) is 13.0. The molecule has 0 heterocycles. The molecule has 0 aliphatic heterocycles. The number of guanidine groups is 1. The van der Waals surface area contributed by atoms with Gasteiger partial charge in [0.2, 0.25) is 0 Å². The van der Waals surface area contributed by atoms with Crippen molar-refractivity contribution in [2.45, 2.75) is 33.4 Å². The Morgan fingerprint density at radius 3 is 2.25 bits per heavy atom. The Labute approximate surface area is 185 Å². The molecule has 150 valence electrons. The summed E-state index contributed by atoms with van der Waals surface area (Å²) in [4.78, 5) is 4.29. The molecule has 0 saturated heterocycles. The molecular weight excluding hydrogens is 463 g/mol. The van der Waals surface area contributed by atoms with Crippen molar-refractivity contribution in [1.82, 2.24) is 10.6 Å². The Hall–Kier alpha value is -2.27. The molecule has 1 unspecified atom stereocenters. The lowest BCUT2D eigenvalue weighted by atomic mass is 10.1. The predicted octanol–water partition coefficient (Wildman–Crippen LogP) is 4.64. The monoisotopic (exact) mass is 492 g/mol. The number of nitrogens with zero attached hydrogens (tertiary/aromatic N) is 2. The summed E-state index contributed by atoms with van der Waals surface area (Å²) in [5.41, 5.74) is 2.92. The first-order valence-electron chi connectivity index (χ1n) is 9.20. The van der Waals surface area contributed by atoms with Gasteiger partial charge in [0.05, 0.1) is 24.3 Å². The van der Waals surface area contributed by atoms with E-state index in [-0.39, 0.29) is 30.0 Å². The first-order valence-corrected chi connectivity index (χ1v) is 9.20. The Morgan fingerprint density at radius 2 is 1.71 bits per heavy atom. The van der Waals surface area contributed by atoms with Crippen LogP contribution in [0.25, 0.3) is 0 Å². The van der Waals surface area contributed by atoms with Gasteiger partial charge in [-0.2, -0.15) is 5.26 Å². The Morgan fingerprint density at radius 1 is 1.07 bits per heavy atom. The fourth-order valence-corrected chi connectivity index (χ4v) is 2.48. The minimum Gasteiger partial charge on any atom is -0.493 e. The molecule has 1 atom stereocenters. The molecule has 0 radical (unpaired) electrons. The lowest BCUT2D eigenvalue weighted by Gasteiger charge is -2.19. The van der Waals surface area contributed by atoms with Gasteiger partial charge in [-0.15, -0.1) is 24.0 Å². The standard InChI is InChI=1S/C22H28N4O.HI/c1-16(2)15-27-21-11-9-20(10-12-21)17(3)26-22(24-4)25-14-19-7-5-18(13-23)6-8-19;/h5-12,16-17H,14-15H2,1-4H3,(H2,24,25,26);1H. The van der Waals surface area contributed by atoms with Crippen molar-refractivity contribution in [1.29, 1.82) is 5.26 Å². The molecule has 0 fully saturated rings. The molecule has 2 N–H and O–H groups in total. The molecule has 0 spiro atoms. The van der Waals surface area contributed by atoms with Crippen LogP contribution in [0.5, 0.6) is 5.75 Å². The Bertz CT molecular complexity index is 780. The van der Waals surface area contributed by atoms with Crippen LogP contribution in [0.4, 0.5) is 0 Å². The summed E-state index contributed by atoms with van der Waals surface area (Å²) < 4.78 is 5.73. The fourth-order valence-electron chi connectivity index (χ4n) is 2.48. The van der Waals surface area contributed by atoms with Gasteiger partial charge in [0.25, 0.3) is 0 Å². The number of nitrogens with one attached hydrogen (secondary N) is 2. The zero-order valence-corrected chi connectivity index (χ0v) is 19.2. The molecule has 0 amide bonds. The number of halogens is 1. The van der Waals surface area contributed by atoms with Gasteiger partial charge in [0.15, 0.2) is 5.96 Å². The second-order valence-corrected chi connectivity index (χ2v) is 6.87. The van der Waals surface area contributed by atoms with Gasteiger partial charge in [-0.05, 0) is 48.2 Å². The van der Waals surface area contributed by atoms with Crippen molar-refractivity contribution in [3.8, 4) is 11.8 Å². The van der Waals surface area contributed by atoms with Gasteiger partial charge in [-0.3, -0.25) is 4.99 Å². The van der Waals surface area contributed by atoms with Crippen LogP contribution >= 0.6 is 24.0 Å². The lowest BCUT2D eigenvalue weighted by molar-refractivity contribution is 0.271. The zero-order chi connectivity index (χ0) is 19.6. The topological polar surface area (TPSA) is 69.4 Å². The number of rotatable bonds is 7. The Balaban J connectivity index is 0.00000392. The van der Waals surface area contributed by atoms with E-state index in [1.54, 1.807) is 7.05 Å². The minimum absolute atomic E-state index is 0. The van der Waals surface area contributed by atoms with Crippen LogP contribution in [0.1, 0.15) is 43.5 Å². The summed E-state index contributed by atoms with van der Waals surface area (Å²) in [6, 6.07) is 17.9. The molecule has 0 bridgehead atoms. The third-order valence-corrected chi connectivity index (χ3v) is 4.08. The SMILES string of the molecule is CN=C(NCc1ccc(C#N)cc1)NC(C)c1ccc(OCC(C)C)cc1.I. The summed E-state index contributed by atoms with van der Waals surface area (Å²) in [6.07, 6.45) is 0. The number of hydrogen-bond acceptors (Lipinski definition) is 3. The average molecular weight is 492 g/mol. The second kappa shape index (κ2) is 12.2. The molecule has 6 heteroatoms. The van der Waals surface area contributed by atoms with Crippen molar-refractivity contribution in [3.05, 3.63) is 65.2 Å². The molecule has 2 rings (SSSR count). The van der Waals surface area contributed by atoms with Crippen LogP contribution in [-0.4, -0.2) is 19.6 Å². The normalized spacial score (nSPS) is 11.9. The van der Waals surface area contributed by atoms with E-state index in [0.717, 1.165) is 29.4 Å². The maximum Gasteiger partial charge on any atom is 0.191 e. The van der Waals surface area contributed by atoms with Gasteiger partial charge in [0.1, 0.15) is 5.75 Å². The van der Waals surface area contributed by atoms with E-state index in [1.807, 2.05) is 36.4 Å². The lowest BCUT2D eigenvalue weighted by Crippen LogP contribution is -2.38. The van der Waals surface area contributed by atoms with E-state index in [2.05, 4.69) is 54.6 Å². The molecule has 2 aromatic carbocycles. The Kier molecular flexibility index (Phi) is 10.4. The van der Waals surface area contributed by atoms with Crippen molar-refractivity contribution >= 4 is 29.9 Å². The van der Waals surface area contributed by atoms with Gasteiger partial charge in [-0.1, -0.05) is 38.1 Å². The number of nitriles is 1. The summed E-state index contributed by atoms with van der Waals surface area (Å²) in [5, 5.41) is 15.6. The molecule has 0 aliphatic carbocycles. The van der Waals surface area contributed by atoms with Crippen molar-refractivity contribution in [3.63, 3.8) is 0 Å². The second-order valence-electron chi connectivity index (χ2n) is 6.87. The highest BCUT2D eigenvalue weighted by molar-refractivity contribution is 14.0. The number of aliphatic imine (C=N–C) groups is 1. The van der Waals surface area contributed by atoms with Crippen LogP contribution in [0.3, 0.4) is 0 Å². The fraction of sp³-hybridized carbons (Fsp3) is 0.364. The van der Waals surface area contributed by atoms with Crippen LogP contribution in [0, 0.1) is 17.2 Å². The van der Waals surface area contributed by atoms with Gasteiger partial charge >= 0.3 is 0 Å². The third-order valence-electron chi connectivity index (χ3n) is 4.08. The highest BCUT2D eigenvalue weighted by Crippen LogP contribution is 2.18. The van der Waals surface area contributed by atoms with Crippen molar-refractivity contribution in [2.24, 2.45) is 10.9 Å². The van der Waals surface area contributed by atoms with Crippen LogP contribution in [0.15, 0.2) is 53.5 Å². The first kappa shape index (κ1) is 23.8. The summed E-state index contributed by atoms with van der Waals surface area (Å²) >= 11 is 0. The van der Waals surface area contributed by atoms with E-state index in [4.69, 9.17) is 10.00 Å². The largest absolute Gasteiger partial charge is 0.493 e. The molecule has 0 saturated carbocycles. The molecule has 0 aromatic heterocycles. The average Bonchev–Trinajstić information content (AvgIpc) is 2.70. The summed E-state index contributed by atoms with van der Waals surface area (Å²) in [5.74, 6) is 2.13. The van der Waals surface area contributed by atoms with E-state index in [9.17, 15) is 0 Å². The molecule has 5 nitrogen and oxygen atoms in total. The molecular formula is C22H29IN4O. The quantitative estimate of drug-likeness (QED) is 0.336. The van der Waals surface area contributed by atoms with Gasteiger partial charge in [0, 0.05) is 13.6 Å².